The van der Waals surface area contributed by atoms with Gasteiger partial charge in [-0.15, -0.1) is 0 Å². The van der Waals surface area contributed by atoms with Crippen LogP contribution in [0.5, 0.6) is 0 Å². The van der Waals surface area contributed by atoms with Crippen molar-refractivity contribution in [3.05, 3.63) is 94.6 Å². The van der Waals surface area contributed by atoms with Crippen molar-refractivity contribution in [1.29, 1.82) is 0 Å². The second-order valence-corrected chi connectivity index (χ2v) is 10.6. The van der Waals surface area contributed by atoms with E-state index >= 15 is 0 Å². The third-order valence-electron chi connectivity index (χ3n) is 7.33. The zero-order valence-corrected chi connectivity index (χ0v) is 21.9. The molecule has 4 aromatic rings. The molecule has 1 saturated carbocycles. The van der Waals surface area contributed by atoms with E-state index in [2.05, 4.69) is 72.0 Å². The Morgan fingerprint density at radius 2 is 1.70 bits per heavy atom. The summed E-state index contributed by atoms with van der Waals surface area (Å²) in [5.74, 6) is 0.00234. The molecule has 0 amide bonds. The van der Waals surface area contributed by atoms with Crippen molar-refractivity contribution in [3.8, 4) is 22.5 Å². The van der Waals surface area contributed by atoms with Crippen LogP contribution in [0.15, 0.2) is 77.3 Å². The smallest absolute Gasteiger partial charge is 0.304 e. The van der Waals surface area contributed by atoms with Crippen molar-refractivity contribution >= 4 is 23.3 Å². The molecule has 1 aliphatic carbocycles. The fourth-order valence-corrected chi connectivity index (χ4v) is 5.18. The average molecular weight is 515 g/mol. The Morgan fingerprint density at radius 1 is 1.05 bits per heavy atom. The quantitative estimate of drug-likeness (QED) is 0.225. The largest absolute Gasteiger partial charge is 0.481 e. The minimum Gasteiger partial charge on any atom is -0.481 e. The second-order valence-electron chi connectivity index (χ2n) is 10.2. The van der Waals surface area contributed by atoms with Crippen molar-refractivity contribution in [3.63, 3.8) is 0 Å². The van der Waals surface area contributed by atoms with Gasteiger partial charge in [-0.05, 0) is 73.9 Å². The lowest BCUT2D eigenvalue weighted by atomic mass is 9.91. The number of benzene rings is 3. The maximum Gasteiger partial charge on any atom is 0.304 e. The van der Waals surface area contributed by atoms with Crippen LogP contribution in [0.1, 0.15) is 49.4 Å². The van der Waals surface area contributed by atoms with Gasteiger partial charge in [0.2, 0.25) is 0 Å². The summed E-state index contributed by atoms with van der Waals surface area (Å²) in [6, 6.07) is 24.8. The Morgan fingerprint density at radius 3 is 2.32 bits per heavy atom. The van der Waals surface area contributed by atoms with Gasteiger partial charge in [0.1, 0.15) is 11.4 Å². The Hall–Kier alpha value is -3.57. The molecule has 5 rings (SSSR count). The van der Waals surface area contributed by atoms with Crippen LogP contribution in [0, 0.1) is 6.92 Å². The summed E-state index contributed by atoms with van der Waals surface area (Å²) in [7, 11) is 0. The van der Waals surface area contributed by atoms with E-state index in [1.807, 2.05) is 25.1 Å². The molecule has 5 nitrogen and oxygen atoms in total. The number of halogens is 1. The number of hydrogen-bond acceptors (Lipinski definition) is 4. The third-order valence-corrected chi connectivity index (χ3v) is 7.56. The number of hydrogen-bond donors (Lipinski definition) is 2. The Bertz CT molecular complexity index is 1390. The molecular formula is C31H31ClN2O3. The maximum atomic E-state index is 11.2. The minimum atomic E-state index is -0.732. The van der Waals surface area contributed by atoms with Gasteiger partial charge in [-0.3, -0.25) is 4.79 Å². The number of anilines is 1. The molecule has 6 heteroatoms. The number of carboxylic acid groups (broad SMARTS) is 1. The topological polar surface area (TPSA) is 75.4 Å². The fourth-order valence-electron chi connectivity index (χ4n) is 4.97. The molecule has 2 N–H and O–H groups in total. The van der Waals surface area contributed by atoms with E-state index < -0.39 is 5.97 Å². The Kier molecular flexibility index (Phi) is 7.07. The average Bonchev–Trinajstić information content (AvgIpc) is 3.58. The van der Waals surface area contributed by atoms with E-state index in [4.69, 9.17) is 16.1 Å². The summed E-state index contributed by atoms with van der Waals surface area (Å²) in [5, 5.41) is 17.8. The molecule has 0 radical (unpaired) electrons. The van der Waals surface area contributed by atoms with Gasteiger partial charge in [0.15, 0.2) is 5.76 Å². The lowest BCUT2D eigenvalue weighted by Gasteiger charge is -2.16. The van der Waals surface area contributed by atoms with Crippen LogP contribution in [-0.2, 0) is 16.6 Å². The molecule has 3 aromatic carbocycles. The summed E-state index contributed by atoms with van der Waals surface area (Å²) in [6.45, 7) is 4.11. The number of rotatable bonds is 10. The molecule has 1 aromatic heterocycles. The summed E-state index contributed by atoms with van der Waals surface area (Å²) < 4.78 is 5.72. The molecule has 1 aliphatic rings. The van der Waals surface area contributed by atoms with Crippen molar-refractivity contribution < 1.29 is 14.4 Å². The highest BCUT2D eigenvalue weighted by atomic mass is 35.5. The highest BCUT2D eigenvalue weighted by molar-refractivity contribution is 6.30. The van der Waals surface area contributed by atoms with Crippen LogP contribution in [0.3, 0.4) is 0 Å². The summed E-state index contributed by atoms with van der Waals surface area (Å²) in [5.41, 5.74) is 7.08. The number of carbonyl (C=O) groups is 1. The minimum absolute atomic E-state index is 0.174. The standard InChI is InChI=1S/C31H31ClN2O3/c1-20(6-7-22-4-3-5-27(32)18-22)33-29-21(2)34-37-30(29)25-10-8-23(9-11-25)24-12-14-26(15-13-24)31(16-17-31)19-28(35)36/h3-5,8-15,18,20,33H,6-7,16-17,19H2,1-2H3,(H,35,36). The molecule has 0 aliphatic heterocycles. The molecular weight excluding hydrogens is 484 g/mol. The maximum absolute atomic E-state index is 11.2. The van der Waals surface area contributed by atoms with Crippen molar-refractivity contribution in [2.24, 2.45) is 0 Å². The summed E-state index contributed by atoms with van der Waals surface area (Å²) >= 11 is 6.12. The van der Waals surface area contributed by atoms with E-state index in [1.54, 1.807) is 0 Å². The van der Waals surface area contributed by atoms with Crippen LogP contribution in [-0.4, -0.2) is 22.3 Å². The molecule has 1 unspecified atom stereocenters. The normalized spacial score (nSPS) is 14.8. The first-order chi connectivity index (χ1) is 17.8. The van der Waals surface area contributed by atoms with Gasteiger partial charge in [0, 0.05) is 22.0 Å². The number of nitrogens with one attached hydrogen (secondary N) is 1. The first kappa shape index (κ1) is 25.1. The van der Waals surface area contributed by atoms with E-state index in [-0.39, 0.29) is 17.9 Å². The lowest BCUT2D eigenvalue weighted by Crippen LogP contribution is -2.16. The van der Waals surface area contributed by atoms with Gasteiger partial charge < -0.3 is 14.9 Å². The van der Waals surface area contributed by atoms with Gasteiger partial charge in [0.25, 0.3) is 0 Å². The van der Waals surface area contributed by atoms with Gasteiger partial charge in [-0.2, -0.15) is 0 Å². The van der Waals surface area contributed by atoms with Gasteiger partial charge in [-0.25, -0.2) is 0 Å². The molecule has 190 valence electrons. The fraction of sp³-hybridized carbons (Fsp3) is 0.290. The third kappa shape index (κ3) is 5.72. The molecule has 0 bridgehead atoms. The number of aryl methyl sites for hydroxylation is 2. The number of nitrogens with zero attached hydrogens (tertiary/aromatic N) is 1. The van der Waals surface area contributed by atoms with Crippen LogP contribution < -0.4 is 5.32 Å². The van der Waals surface area contributed by atoms with E-state index in [0.717, 1.165) is 70.1 Å². The first-order valence-corrected chi connectivity index (χ1v) is 13.1. The number of carboxylic acids is 1. The Labute approximate surface area is 222 Å². The van der Waals surface area contributed by atoms with E-state index in [9.17, 15) is 9.90 Å². The first-order valence-electron chi connectivity index (χ1n) is 12.7. The van der Waals surface area contributed by atoms with Gasteiger partial charge in [0.05, 0.1) is 6.42 Å². The predicted octanol–water partition coefficient (Wildman–Crippen LogP) is 7.91. The molecule has 0 spiro atoms. The highest BCUT2D eigenvalue weighted by Gasteiger charge is 2.45. The van der Waals surface area contributed by atoms with Gasteiger partial charge in [-0.1, -0.05) is 77.4 Å². The molecule has 1 atom stereocenters. The van der Waals surface area contributed by atoms with Crippen LogP contribution in [0.25, 0.3) is 22.5 Å². The van der Waals surface area contributed by atoms with Crippen LogP contribution in [0.4, 0.5) is 5.69 Å². The molecule has 1 fully saturated rings. The summed E-state index contributed by atoms with van der Waals surface area (Å²) in [4.78, 5) is 11.2. The summed E-state index contributed by atoms with van der Waals surface area (Å²) in [6.07, 6.45) is 3.97. The molecule has 0 saturated heterocycles. The van der Waals surface area contributed by atoms with Crippen molar-refractivity contribution in [2.75, 3.05) is 5.32 Å². The second kappa shape index (κ2) is 10.4. The molecule has 37 heavy (non-hydrogen) atoms. The zero-order valence-electron chi connectivity index (χ0n) is 21.1. The van der Waals surface area contributed by atoms with Crippen LogP contribution >= 0.6 is 11.6 Å². The number of aliphatic carboxylic acids is 1. The van der Waals surface area contributed by atoms with Crippen LogP contribution in [0.2, 0.25) is 5.02 Å². The monoisotopic (exact) mass is 514 g/mol. The highest BCUT2D eigenvalue weighted by Crippen LogP contribution is 2.51. The SMILES string of the molecule is Cc1noc(-c2ccc(-c3ccc(C4(CC(=O)O)CC4)cc3)cc2)c1NC(C)CCc1cccc(Cl)c1. The van der Waals surface area contributed by atoms with E-state index in [1.165, 1.54) is 5.56 Å². The van der Waals surface area contributed by atoms with E-state index in [0.29, 0.717) is 0 Å². The predicted molar refractivity (Wildman–Crippen MR) is 148 cm³/mol. The number of aromatic nitrogens is 1. The Balaban J connectivity index is 1.27. The zero-order chi connectivity index (χ0) is 26.0. The molecule has 1 heterocycles. The van der Waals surface area contributed by atoms with Gasteiger partial charge >= 0.3 is 5.97 Å². The van der Waals surface area contributed by atoms with Crippen molar-refractivity contribution in [2.45, 2.75) is 57.4 Å². The van der Waals surface area contributed by atoms with Crippen molar-refractivity contribution in [1.82, 2.24) is 5.16 Å². The lowest BCUT2D eigenvalue weighted by molar-refractivity contribution is -0.137.